The van der Waals surface area contributed by atoms with Crippen molar-refractivity contribution in [3.63, 3.8) is 0 Å². The van der Waals surface area contributed by atoms with Gasteiger partial charge in [-0.25, -0.2) is 13.2 Å². The first-order valence-electron chi connectivity index (χ1n) is 9.14. The number of hydrogen-bond donors (Lipinski definition) is 1. The Morgan fingerprint density at radius 3 is 2.31 bits per heavy atom. The number of sulfonamides is 1. The molecule has 2 aliphatic heterocycles. The van der Waals surface area contributed by atoms with Crippen LogP contribution in [-0.4, -0.2) is 80.3 Å². The van der Waals surface area contributed by atoms with Crippen LogP contribution in [0.25, 0.3) is 0 Å². The second-order valence-corrected chi connectivity index (χ2v) is 8.77. The first kappa shape index (κ1) is 23.6. The number of ether oxygens (including phenoxy) is 1. The lowest BCUT2D eigenvalue weighted by Crippen LogP contribution is -2.53. The number of piperidine rings is 1. The lowest BCUT2D eigenvalue weighted by molar-refractivity contribution is -0.192. The summed E-state index contributed by atoms with van der Waals surface area (Å²) in [5.41, 5.74) is 0. The number of likely N-dealkylation sites (N-methyl/N-ethyl adjacent to an activating group) is 1. The number of carbonyl (C=O) groups is 1. The average Bonchev–Trinajstić information content (AvgIpc) is 3.12. The molecule has 29 heavy (non-hydrogen) atoms. The number of alkyl halides is 3. The Bertz CT molecular complexity index is 788. The van der Waals surface area contributed by atoms with Gasteiger partial charge in [-0.2, -0.15) is 17.5 Å². The van der Waals surface area contributed by atoms with E-state index in [2.05, 4.69) is 11.8 Å². The third kappa shape index (κ3) is 5.47. The van der Waals surface area contributed by atoms with E-state index < -0.39 is 22.2 Å². The minimum atomic E-state index is -5.08. The van der Waals surface area contributed by atoms with Crippen LogP contribution in [0.4, 0.5) is 13.2 Å². The fourth-order valence-corrected chi connectivity index (χ4v) is 5.47. The predicted octanol–water partition coefficient (Wildman–Crippen LogP) is 2.05. The van der Waals surface area contributed by atoms with E-state index in [1.807, 2.05) is 6.07 Å². The Balaban J connectivity index is 0.000000370. The molecule has 164 valence electrons. The Labute approximate surface area is 168 Å². The number of hydrogen-bond acceptors (Lipinski definition) is 5. The molecule has 3 atom stereocenters. The van der Waals surface area contributed by atoms with E-state index in [9.17, 15) is 21.6 Å². The average molecular weight is 438 g/mol. The van der Waals surface area contributed by atoms with Crippen LogP contribution >= 0.6 is 0 Å². The van der Waals surface area contributed by atoms with Crippen LogP contribution in [0.1, 0.15) is 13.3 Å². The molecule has 1 N–H and O–H groups in total. The number of halogens is 3. The predicted molar refractivity (Wildman–Crippen MR) is 98.8 cm³/mol. The van der Waals surface area contributed by atoms with Crippen molar-refractivity contribution in [1.29, 1.82) is 0 Å². The fraction of sp³-hybridized carbons (Fsp3) is 0.611. The van der Waals surface area contributed by atoms with Gasteiger partial charge in [-0.1, -0.05) is 25.1 Å². The quantitative estimate of drug-likeness (QED) is 0.774. The lowest BCUT2D eigenvalue weighted by atomic mass is 9.91. The van der Waals surface area contributed by atoms with Gasteiger partial charge in [0.05, 0.1) is 11.0 Å². The van der Waals surface area contributed by atoms with Crippen molar-refractivity contribution in [3.8, 4) is 0 Å². The number of fused-ring (bicyclic) bond motifs is 1. The maximum Gasteiger partial charge on any atom is 0.490 e. The minimum absolute atomic E-state index is 0.0175. The summed E-state index contributed by atoms with van der Waals surface area (Å²) in [4.78, 5) is 11.6. The van der Waals surface area contributed by atoms with Crippen LogP contribution in [-0.2, 0) is 19.6 Å². The highest BCUT2D eigenvalue weighted by atomic mass is 32.2. The molecule has 2 aliphatic rings. The van der Waals surface area contributed by atoms with Gasteiger partial charge in [-0.3, -0.25) is 0 Å². The summed E-state index contributed by atoms with van der Waals surface area (Å²) in [7, 11) is -1.69. The zero-order valence-corrected chi connectivity index (χ0v) is 17.0. The smallest absolute Gasteiger partial charge is 0.475 e. The zero-order valence-electron chi connectivity index (χ0n) is 16.2. The van der Waals surface area contributed by atoms with Gasteiger partial charge in [-0.05, 0) is 25.1 Å². The molecule has 1 aromatic rings. The molecule has 1 aromatic carbocycles. The summed E-state index contributed by atoms with van der Waals surface area (Å²) < 4.78 is 65.0. The van der Waals surface area contributed by atoms with E-state index >= 15 is 0 Å². The first-order chi connectivity index (χ1) is 13.5. The van der Waals surface area contributed by atoms with E-state index in [0.29, 0.717) is 11.4 Å². The summed E-state index contributed by atoms with van der Waals surface area (Å²) >= 11 is 0. The van der Waals surface area contributed by atoms with E-state index in [-0.39, 0.29) is 18.1 Å². The molecule has 0 unspecified atom stereocenters. The number of benzene rings is 1. The molecule has 2 fully saturated rings. The fourth-order valence-electron chi connectivity index (χ4n) is 3.78. The van der Waals surface area contributed by atoms with E-state index in [1.54, 1.807) is 35.7 Å². The van der Waals surface area contributed by atoms with Gasteiger partial charge in [0, 0.05) is 38.7 Å². The Hall–Kier alpha value is -1.69. The molecule has 0 spiro atoms. The molecule has 0 aromatic heterocycles. The number of nitrogens with zero attached hydrogens (tertiary/aromatic N) is 2. The maximum atomic E-state index is 13.0. The molecule has 11 heteroatoms. The third-order valence-corrected chi connectivity index (χ3v) is 7.17. The summed E-state index contributed by atoms with van der Waals surface area (Å²) in [6, 6.07) is 8.77. The second kappa shape index (κ2) is 9.41. The largest absolute Gasteiger partial charge is 0.490 e. The molecule has 0 aliphatic carbocycles. The van der Waals surface area contributed by atoms with E-state index in [4.69, 9.17) is 14.6 Å². The van der Waals surface area contributed by atoms with Crippen LogP contribution in [0, 0.1) is 5.92 Å². The highest BCUT2D eigenvalue weighted by Crippen LogP contribution is 2.35. The van der Waals surface area contributed by atoms with Crippen LogP contribution < -0.4 is 0 Å². The second-order valence-electron chi connectivity index (χ2n) is 6.88. The van der Waals surface area contributed by atoms with Crippen LogP contribution in [0.2, 0.25) is 0 Å². The zero-order chi connectivity index (χ0) is 21.8. The molecule has 0 saturated carbocycles. The minimum Gasteiger partial charge on any atom is -0.475 e. The summed E-state index contributed by atoms with van der Waals surface area (Å²) in [6.45, 7) is 5.32. The SMILES string of the molecule is CCN1C[C@H]2[C@@H](C1)N(S(=O)(=O)c1ccccc1)CC[C@H]2OC.O=C(O)C(F)(F)F. The van der Waals surface area contributed by atoms with Crippen molar-refractivity contribution in [2.24, 2.45) is 5.92 Å². The van der Waals surface area contributed by atoms with Crippen LogP contribution in [0.15, 0.2) is 35.2 Å². The van der Waals surface area contributed by atoms with Gasteiger partial charge >= 0.3 is 12.1 Å². The molecular formula is C18H25F3N2O5S. The molecule has 7 nitrogen and oxygen atoms in total. The van der Waals surface area contributed by atoms with Gasteiger partial charge in [-0.15, -0.1) is 0 Å². The molecule has 0 bridgehead atoms. The Kier molecular flexibility index (Phi) is 7.66. The molecule has 0 amide bonds. The summed E-state index contributed by atoms with van der Waals surface area (Å²) in [6.07, 6.45) is -4.16. The molecular weight excluding hydrogens is 413 g/mol. The van der Waals surface area contributed by atoms with Gasteiger partial charge in [0.15, 0.2) is 0 Å². The lowest BCUT2D eigenvalue weighted by Gasteiger charge is -2.40. The normalized spacial score (nSPS) is 25.8. The van der Waals surface area contributed by atoms with Crippen molar-refractivity contribution >= 4 is 16.0 Å². The van der Waals surface area contributed by atoms with Gasteiger partial charge in [0.2, 0.25) is 10.0 Å². The Morgan fingerprint density at radius 1 is 1.24 bits per heavy atom. The number of methoxy groups -OCH3 is 1. The van der Waals surface area contributed by atoms with Crippen LogP contribution in [0.3, 0.4) is 0 Å². The van der Waals surface area contributed by atoms with Crippen molar-refractivity contribution in [3.05, 3.63) is 30.3 Å². The van der Waals surface area contributed by atoms with E-state index in [0.717, 1.165) is 26.1 Å². The van der Waals surface area contributed by atoms with E-state index in [1.165, 1.54) is 0 Å². The van der Waals surface area contributed by atoms with Gasteiger partial charge in [0.1, 0.15) is 0 Å². The number of likely N-dealkylation sites (tertiary alicyclic amines) is 1. The number of rotatable bonds is 4. The maximum absolute atomic E-state index is 13.0. The Morgan fingerprint density at radius 2 is 1.83 bits per heavy atom. The van der Waals surface area contributed by atoms with Gasteiger partial charge < -0.3 is 14.7 Å². The van der Waals surface area contributed by atoms with Crippen molar-refractivity contribution in [1.82, 2.24) is 9.21 Å². The highest BCUT2D eigenvalue weighted by Gasteiger charge is 2.48. The first-order valence-corrected chi connectivity index (χ1v) is 10.6. The van der Waals surface area contributed by atoms with Gasteiger partial charge in [0.25, 0.3) is 0 Å². The number of aliphatic carboxylic acids is 1. The summed E-state index contributed by atoms with van der Waals surface area (Å²) in [5.74, 6) is -2.50. The third-order valence-electron chi connectivity index (χ3n) is 5.23. The van der Waals surface area contributed by atoms with Crippen molar-refractivity contribution < 1.29 is 36.2 Å². The molecule has 0 radical (unpaired) electrons. The molecule has 3 rings (SSSR count). The van der Waals surface area contributed by atoms with Crippen molar-refractivity contribution in [2.45, 2.75) is 36.6 Å². The molecule has 2 heterocycles. The van der Waals surface area contributed by atoms with Crippen LogP contribution in [0.5, 0.6) is 0 Å². The number of carboxylic acids is 1. The van der Waals surface area contributed by atoms with Crippen molar-refractivity contribution in [2.75, 3.05) is 33.3 Å². The number of carboxylic acid groups (broad SMARTS) is 1. The summed E-state index contributed by atoms with van der Waals surface area (Å²) in [5, 5.41) is 7.12. The standard InChI is InChI=1S/C16H24N2O3S.C2HF3O2/c1-3-17-11-14-15(12-17)18(10-9-16(14)21-2)22(19,20)13-7-5-4-6-8-13;3-2(4,5)1(6)7/h4-8,14-16H,3,9-12H2,1-2H3;(H,6,7)/t14-,15+,16+;/m0./s1. The monoisotopic (exact) mass is 438 g/mol. The molecule has 2 saturated heterocycles. The highest BCUT2D eigenvalue weighted by molar-refractivity contribution is 7.89. The topological polar surface area (TPSA) is 87.2 Å².